The van der Waals surface area contributed by atoms with E-state index in [0.717, 1.165) is 61.3 Å². The van der Waals surface area contributed by atoms with Crippen molar-refractivity contribution in [2.45, 2.75) is 95.7 Å². The van der Waals surface area contributed by atoms with Crippen LogP contribution in [0.25, 0.3) is 11.3 Å². The largest absolute Gasteiger partial charge is 0.494 e. The summed E-state index contributed by atoms with van der Waals surface area (Å²) in [5.41, 5.74) is 2.95. The number of hydrogen-bond donors (Lipinski definition) is 2. The first-order chi connectivity index (χ1) is 23.3. The third-order valence-electron chi connectivity index (χ3n) is 10.6. The maximum absolute atomic E-state index is 13.6. The van der Waals surface area contributed by atoms with Crippen molar-refractivity contribution in [3.05, 3.63) is 47.4 Å². The molecule has 5 rings (SSSR count). The third-order valence-corrected chi connectivity index (χ3v) is 11.4. The first-order valence-electron chi connectivity index (χ1n) is 17.5. The number of likely N-dealkylation sites (tertiary alicyclic amines) is 1. The zero-order valence-electron chi connectivity index (χ0n) is 29.0. The molecule has 2 N–H and O–H groups in total. The summed E-state index contributed by atoms with van der Waals surface area (Å²) in [5.74, 6) is 0.451. The van der Waals surface area contributed by atoms with Gasteiger partial charge in [0, 0.05) is 68.1 Å². The number of nitrogens with one attached hydrogen (secondary N) is 1. The molecule has 2 heterocycles. The van der Waals surface area contributed by atoms with Crippen molar-refractivity contribution < 1.29 is 36.4 Å². The molecule has 2 aromatic rings. The lowest BCUT2D eigenvalue weighted by Gasteiger charge is -2.45. The quantitative estimate of drug-likeness (QED) is 0.141. The minimum absolute atomic E-state index is 0.0874. The van der Waals surface area contributed by atoms with E-state index in [9.17, 15) is 22.4 Å². The second kappa shape index (κ2) is 15.8. The topological polar surface area (TPSA) is 138 Å². The van der Waals surface area contributed by atoms with E-state index in [2.05, 4.69) is 39.3 Å². The molecule has 49 heavy (non-hydrogen) atoms. The van der Waals surface area contributed by atoms with Crippen LogP contribution in [-0.2, 0) is 31.0 Å². The van der Waals surface area contributed by atoms with Gasteiger partial charge in [-0.2, -0.15) is 8.42 Å². The molecule has 1 aliphatic heterocycles. The molecule has 0 bridgehead atoms. The molecule has 0 atom stereocenters. The van der Waals surface area contributed by atoms with Gasteiger partial charge in [-0.25, -0.2) is 4.39 Å². The maximum atomic E-state index is 13.6. The first-order valence-corrected chi connectivity index (χ1v) is 19.1. The van der Waals surface area contributed by atoms with E-state index in [-0.39, 0.29) is 36.5 Å². The minimum Gasteiger partial charge on any atom is -0.494 e. The van der Waals surface area contributed by atoms with Crippen LogP contribution in [0.4, 0.5) is 4.39 Å². The van der Waals surface area contributed by atoms with Gasteiger partial charge in [0.25, 0.3) is 16.6 Å². The Morgan fingerprint density at radius 2 is 1.88 bits per heavy atom. The number of hydrogen-bond acceptors (Lipinski definition) is 9. The Balaban J connectivity index is 1.18. The molecule has 3 aliphatic rings. The van der Waals surface area contributed by atoms with Gasteiger partial charge in [-0.1, -0.05) is 6.92 Å². The number of aromatic nitrogens is 1. The predicted octanol–water partition coefficient (Wildman–Crippen LogP) is 4.95. The monoisotopic (exact) mass is 702 g/mol. The molecular formula is C36H51FN4O7S. The Morgan fingerprint density at radius 1 is 1.16 bits per heavy atom. The standard InChI is InChI=1S/C36H51FN4O7S/c1-4-47-33-21-31(32-9-8-28(37)22-39-32)30(26-6-7-26)20-27(33)23-41-17-14-36(15-18-41,48-25-42)24-40(3)29-10-12-35(2,13-11-29)34(43)38-16-5-19-49(44,45)46/h8-9,20-22,25-26,29H,4-7,10-19,23-24H2,1-3H3,(H,38,43)(H,44,45,46). The van der Waals surface area contributed by atoms with E-state index in [0.29, 0.717) is 57.8 Å². The van der Waals surface area contributed by atoms with Gasteiger partial charge in [-0.15, -0.1) is 0 Å². The van der Waals surface area contributed by atoms with Crippen molar-refractivity contribution in [3.8, 4) is 17.0 Å². The highest BCUT2D eigenvalue weighted by Crippen LogP contribution is 2.46. The van der Waals surface area contributed by atoms with E-state index in [1.165, 1.54) is 17.8 Å². The van der Waals surface area contributed by atoms with E-state index in [1.807, 2.05) is 13.8 Å². The Hall–Kier alpha value is -3.13. The molecule has 0 radical (unpaired) electrons. The van der Waals surface area contributed by atoms with Gasteiger partial charge in [-0.3, -0.25) is 28.9 Å². The number of pyridine rings is 1. The molecule has 1 aromatic heterocycles. The average molecular weight is 703 g/mol. The number of carbonyl (C=O) groups excluding carboxylic acids is 2. The van der Waals surface area contributed by atoms with Gasteiger partial charge in [0.05, 0.1) is 24.3 Å². The molecule has 1 amide bonds. The highest BCUT2D eigenvalue weighted by molar-refractivity contribution is 7.85. The van der Waals surface area contributed by atoms with Crippen LogP contribution < -0.4 is 10.1 Å². The molecule has 1 aromatic carbocycles. The summed E-state index contributed by atoms with van der Waals surface area (Å²) < 4.78 is 56.4. The lowest BCUT2D eigenvalue weighted by atomic mass is 9.72. The van der Waals surface area contributed by atoms with Crippen LogP contribution in [0.5, 0.6) is 5.75 Å². The number of ether oxygens (including phenoxy) is 2. The molecule has 270 valence electrons. The fourth-order valence-corrected chi connectivity index (χ4v) is 7.99. The second-order valence-electron chi connectivity index (χ2n) is 14.4. The van der Waals surface area contributed by atoms with E-state index >= 15 is 0 Å². The summed E-state index contributed by atoms with van der Waals surface area (Å²) in [5, 5.41) is 2.84. The normalized spacial score (nSPS) is 22.9. The van der Waals surface area contributed by atoms with Crippen LogP contribution >= 0.6 is 0 Å². The van der Waals surface area contributed by atoms with Crippen LogP contribution in [-0.4, -0.2) is 97.4 Å². The number of piperidine rings is 1. The number of halogens is 1. The Kier molecular flexibility index (Phi) is 12.0. The molecule has 2 aliphatic carbocycles. The van der Waals surface area contributed by atoms with Crippen molar-refractivity contribution in [2.24, 2.45) is 5.41 Å². The number of nitrogens with zero attached hydrogens (tertiary/aromatic N) is 3. The molecule has 1 saturated heterocycles. The molecule has 13 heteroatoms. The second-order valence-corrected chi connectivity index (χ2v) is 16.0. The van der Waals surface area contributed by atoms with Crippen molar-refractivity contribution in [1.29, 1.82) is 0 Å². The fourth-order valence-electron chi connectivity index (χ4n) is 7.48. The Labute approximate surface area is 289 Å². The van der Waals surface area contributed by atoms with Crippen molar-refractivity contribution in [1.82, 2.24) is 20.1 Å². The summed E-state index contributed by atoms with van der Waals surface area (Å²) >= 11 is 0. The molecule has 0 unspecified atom stereocenters. The Bertz CT molecular complexity index is 1550. The molecule has 11 nitrogen and oxygen atoms in total. The highest BCUT2D eigenvalue weighted by atomic mass is 32.2. The maximum Gasteiger partial charge on any atom is 0.293 e. The number of carbonyl (C=O) groups is 2. The predicted molar refractivity (Wildman–Crippen MR) is 184 cm³/mol. The van der Waals surface area contributed by atoms with Gasteiger partial charge in [-0.05, 0) is 94.7 Å². The average Bonchev–Trinajstić information content (AvgIpc) is 3.91. The number of rotatable bonds is 16. The van der Waals surface area contributed by atoms with Crippen LogP contribution in [0.15, 0.2) is 30.5 Å². The van der Waals surface area contributed by atoms with Gasteiger partial charge < -0.3 is 14.8 Å². The lowest BCUT2D eigenvalue weighted by Crippen LogP contribution is -2.54. The SMILES string of the molecule is CCOc1cc(-c2ccc(F)cn2)c(C2CC2)cc1CN1CCC(CN(C)C2CCC(C)(C(=O)NCCCS(=O)(=O)O)CC2)(OC=O)CC1. The zero-order valence-corrected chi connectivity index (χ0v) is 29.8. The van der Waals surface area contributed by atoms with E-state index < -0.39 is 21.1 Å². The zero-order chi connectivity index (χ0) is 35.2. The smallest absolute Gasteiger partial charge is 0.293 e. The van der Waals surface area contributed by atoms with Gasteiger partial charge in [0.1, 0.15) is 17.2 Å². The van der Waals surface area contributed by atoms with E-state index in [4.69, 9.17) is 14.0 Å². The van der Waals surface area contributed by atoms with Gasteiger partial charge in [0.2, 0.25) is 5.91 Å². The summed E-state index contributed by atoms with van der Waals surface area (Å²) in [4.78, 5) is 33.7. The number of amides is 1. The van der Waals surface area contributed by atoms with E-state index in [1.54, 1.807) is 6.07 Å². The molecular weight excluding hydrogens is 651 g/mol. The highest BCUT2D eigenvalue weighted by Gasteiger charge is 2.42. The number of benzene rings is 1. The number of likely N-dealkylation sites (N-methyl/N-ethyl adjacent to an activating group) is 1. The van der Waals surface area contributed by atoms with Gasteiger partial charge >= 0.3 is 0 Å². The van der Waals surface area contributed by atoms with Gasteiger partial charge in [0.15, 0.2) is 0 Å². The summed E-state index contributed by atoms with van der Waals surface area (Å²) in [6.45, 7) is 8.05. The van der Waals surface area contributed by atoms with Crippen molar-refractivity contribution in [3.63, 3.8) is 0 Å². The summed E-state index contributed by atoms with van der Waals surface area (Å²) in [6.07, 6.45) is 8.10. The third kappa shape index (κ3) is 9.77. The lowest BCUT2D eigenvalue weighted by molar-refractivity contribution is -0.153. The molecule has 0 spiro atoms. The van der Waals surface area contributed by atoms with Crippen molar-refractivity contribution in [2.75, 3.05) is 45.6 Å². The Morgan fingerprint density at radius 3 is 2.47 bits per heavy atom. The summed E-state index contributed by atoms with van der Waals surface area (Å²) in [7, 11) is -1.98. The van der Waals surface area contributed by atoms with Crippen LogP contribution in [0.1, 0.15) is 88.7 Å². The van der Waals surface area contributed by atoms with Crippen LogP contribution in [0.2, 0.25) is 0 Å². The van der Waals surface area contributed by atoms with Crippen LogP contribution in [0.3, 0.4) is 0 Å². The molecule has 3 fully saturated rings. The minimum atomic E-state index is -4.04. The van der Waals surface area contributed by atoms with Crippen LogP contribution in [0, 0.1) is 11.2 Å². The van der Waals surface area contributed by atoms with Crippen molar-refractivity contribution >= 4 is 22.5 Å². The first kappa shape index (κ1) is 37.1. The fraction of sp³-hybridized carbons (Fsp3) is 0.639. The molecule has 2 saturated carbocycles. The summed E-state index contributed by atoms with van der Waals surface area (Å²) in [6, 6.07) is 7.72.